The van der Waals surface area contributed by atoms with E-state index in [9.17, 15) is 18.7 Å². The number of hydrogen-bond acceptors (Lipinski definition) is 4. The Hall–Kier alpha value is -2.59. The Morgan fingerprint density at radius 3 is 2.62 bits per heavy atom. The molecule has 5 nitrogen and oxygen atoms in total. The van der Waals surface area contributed by atoms with E-state index in [4.69, 9.17) is 5.26 Å². The van der Waals surface area contributed by atoms with Crippen molar-refractivity contribution in [3.63, 3.8) is 0 Å². The molecule has 0 aliphatic carbocycles. The van der Waals surface area contributed by atoms with Crippen molar-refractivity contribution in [3.05, 3.63) is 69.5 Å². The predicted octanol–water partition coefficient (Wildman–Crippen LogP) is 2.91. The van der Waals surface area contributed by atoms with E-state index < -0.39 is 21.5 Å². The number of nitrogens with zero attached hydrogens (tertiary/aromatic N) is 2. The van der Waals surface area contributed by atoms with E-state index in [1.165, 1.54) is 42.5 Å². The largest absolute Gasteiger partial charge is 0.285 e. The van der Waals surface area contributed by atoms with Gasteiger partial charge in [-0.2, -0.15) is 5.26 Å². The van der Waals surface area contributed by atoms with Gasteiger partial charge in [-0.05, 0) is 12.1 Å². The van der Waals surface area contributed by atoms with E-state index in [0.29, 0.717) is 0 Å². The van der Waals surface area contributed by atoms with Crippen LogP contribution in [0.4, 0.5) is 10.1 Å². The molecule has 1 atom stereocenters. The van der Waals surface area contributed by atoms with Crippen LogP contribution in [0, 0.1) is 27.3 Å². The van der Waals surface area contributed by atoms with Crippen LogP contribution in [0.2, 0.25) is 0 Å². The van der Waals surface area contributed by atoms with Crippen LogP contribution in [0.3, 0.4) is 0 Å². The standard InChI is InChI=1S/C14H9FN2O3S/c15-14-10(8-16)4-3-5-11(14)9-21(20)13-7-2-1-6-12(13)17(18)19/h1-7H,9H2. The maximum Gasteiger partial charge on any atom is 0.285 e. The average molecular weight is 304 g/mol. The highest BCUT2D eigenvalue weighted by Crippen LogP contribution is 2.24. The highest BCUT2D eigenvalue weighted by molar-refractivity contribution is 7.84. The van der Waals surface area contributed by atoms with E-state index in [0.717, 1.165) is 0 Å². The van der Waals surface area contributed by atoms with Gasteiger partial charge in [0.1, 0.15) is 16.8 Å². The Labute approximate surface area is 122 Å². The molecule has 21 heavy (non-hydrogen) atoms. The number of rotatable bonds is 4. The average Bonchev–Trinajstić information content (AvgIpc) is 2.49. The van der Waals surface area contributed by atoms with Crippen LogP contribution < -0.4 is 0 Å². The van der Waals surface area contributed by atoms with Crippen LogP contribution >= 0.6 is 0 Å². The number of benzene rings is 2. The first-order valence-corrected chi connectivity index (χ1v) is 7.15. The van der Waals surface area contributed by atoms with E-state index in [2.05, 4.69) is 0 Å². The molecular formula is C14H9FN2O3S. The van der Waals surface area contributed by atoms with Crippen LogP contribution in [-0.2, 0) is 16.6 Å². The summed E-state index contributed by atoms with van der Waals surface area (Å²) in [5, 5.41) is 19.7. The number of hydrogen-bond donors (Lipinski definition) is 0. The second-order valence-corrected chi connectivity index (χ2v) is 5.52. The lowest BCUT2D eigenvalue weighted by Crippen LogP contribution is -2.03. The molecule has 2 aromatic rings. The Morgan fingerprint density at radius 2 is 1.95 bits per heavy atom. The van der Waals surface area contributed by atoms with E-state index >= 15 is 0 Å². The molecule has 1 unspecified atom stereocenters. The normalized spacial score (nSPS) is 11.6. The fourth-order valence-electron chi connectivity index (χ4n) is 1.80. The third-order valence-electron chi connectivity index (χ3n) is 2.79. The maximum atomic E-state index is 13.9. The first-order valence-electron chi connectivity index (χ1n) is 5.84. The second-order valence-electron chi connectivity index (χ2n) is 4.11. The predicted molar refractivity (Wildman–Crippen MR) is 74.3 cm³/mol. The molecule has 0 amide bonds. The van der Waals surface area contributed by atoms with Gasteiger partial charge in [0.05, 0.1) is 27.0 Å². The Morgan fingerprint density at radius 1 is 1.24 bits per heavy atom. The molecule has 0 heterocycles. The highest BCUT2D eigenvalue weighted by Gasteiger charge is 2.19. The van der Waals surface area contributed by atoms with Crippen LogP contribution in [0.15, 0.2) is 47.4 Å². The first kappa shape index (κ1) is 14.8. The molecule has 106 valence electrons. The minimum atomic E-state index is -1.78. The molecule has 0 aliphatic heterocycles. The zero-order valence-corrected chi connectivity index (χ0v) is 11.5. The van der Waals surface area contributed by atoms with Crippen LogP contribution in [0.5, 0.6) is 0 Å². The summed E-state index contributed by atoms with van der Waals surface area (Å²) in [6, 6.07) is 11.5. The molecule has 0 fully saturated rings. The summed E-state index contributed by atoms with van der Waals surface area (Å²) in [6.07, 6.45) is 0. The van der Waals surface area contributed by atoms with E-state index in [1.54, 1.807) is 6.07 Å². The quantitative estimate of drug-likeness (QED) is 0.642. The van der Waals surface area contributed by atoms with Gasteiger partial charge in [-0.25, -0.2) is 4.39 Å². The van der Waals surface area contributed by atoms with Gasteiger partial charge in [0.25, 0.3) is 5.69 Å². The minimum absolute atomic E-state index is 0.0317. The van der Waals surface area contributed by atoms with Crippen LogP contribution in [0.1, 0.15) is 11.1 Å². The van der Waals surface area contributed by atoms with Crippen molar-refractivity contribution in [2.75, 3.05) is 0 Å². The van der Waals surface area contributed by atoms with Gasteiger partial charge in [0, 0.05) is 11.6 Å². The van der Waals surface area contributed by atoms with Crippen molar-refractivity contribution < 1.29 is 13.5 Å². The Bertz CT molecular complexity index is 771. The van der Waals surface area contributed by atoms with Crippen molar-refractivity contribution in [1.29, 1.82) is 5.26 Å². The van der Waals surface area contributed by atoms with Crippen molar-refractivity contribution in [1.82, 2.24) is 0 Å². The molecule has 0 saturated carbocycles. The maximum absolute atomic E-state index is 13.9. The summed E-state index contributed by atoms with van der Waals surface area (Å²) in [5.74, 6) is -0.974. The van der Waals surface area contributed by atoms with E-state index in [1.807, 2.05) is 0 Å². The van der Waals surface area contributed by atoms with Crippen LogP contribution in [0.25, 0.3) is 0 Å². The topological polar surface area (TPSA) is 84.0 Å². The first-order chi connectivity index (χ1) is 10.0. The Kier molecular flexibility index (Phi) is 4.40. The molecule has 0 radical (unpaired) electrons. The number of nitro groups is 1. The lowest BCUT2D eigenvalue weighted by molar-refractivity contribution is -0.387. The zero-order chi connectivity index (χ0) is 15.4. The smallest absolute Gasteiger partial charge is 0.258 e. The number of nitriles is 1. The number of nitro benzene ring substituents is 1. The molecule has 0 N–H and O–H groups in total. The summed E-state index contributed by atoms with van der Waals surface area (Å²) in [7, 11) is -1.78. The monoisotopic (exact) mass is 304 g/mol. The lowest BCUT2D eigenvalue weighted by atomic mass is 10.1. The van der Waals surface area contributed by atoms with E-state index in [-0.39, 0.29) is 27.5 Å². The van der Waals surface area contributed by atoms with Gasteiger partial charge < -0.3 is 0 Å². The molecule has 0 spiro atoms. The van der Waals surface area contributed by atoms with Crippen LogP contribution in [-0.4, -0.2) is 9.13 Å². The van der Waals surface area contributed by atoms with Crippen molar-refractivity contribution in [3.8, 4) is 6.07 Å². The Balaban J connectivity index is 2.36. The molecular weight excluding hydrogens is 295 g/mol. The van der Waals surface area contributed by atoms with Crippen molar-refractivity contribution in [2.45, 2.75) is 10.6 Å². The van der Waals surface area contributed by atoms with Gasteiger partial charge in [-0.15, -0.1) is 0 Å². The van der Waals surface area contributed by atoms with Gasteiger partial charge in [-0.1, -0.05) is 24.3 Å². The fourth-order valence-corrected chi connectivity index (χ4v) is 3.06. The minimum Gasteiger partial charge on any atom is -0.258 e. The number of para-hydroxylation sites is 1. The second kappa shape index (κ2) is 6.24. The van der Waals surface area contributed by atoms with Crippen molar-refractivity contribution in [2.24, 2.45) is 0 Å². The van der Waals surface area contributed by atoms with Gasteiger partial charge >= 0.3 is 0 Å². The summed E-state index contributed by atoms with van der Waals surface area (Å²) in [5.41, 5.74) is -0.328. The lowest BCUT2D eigenvalue weighted by Gasteiger charge is -2.05. The summed E-state index contributed by atoms with van der Waals surface area (Å²) in [6.45, 7) is 0. The van der Waals surface area contributed by atoms with Gasteiger partial charge in [0.2, 0.25) is 0 Å². The molecule has 7 heteroatoms. The summed E-state index contributed by atoms with van der Waals surface area (Å²) >= 11 is 0. The summed E-state index contributed by atoms with van der Waals surface area (Å²) < 4.78 is 26.2. The molecule has 2 rings (SSSR count). The molecule has 0 saturated heterocycles. The molecule has 0 bridgehead atoms. The number of halogens is 1. The third-order valence-corrected chi connectivity index (χ3v) is 4.20. The SMILES string of the molecule is N#Cc1cccc(CS(=O)c2ccccc2[N+](=O)[O-])c1F. The molecule has 2 aromatic carbocycles. The summed E-state index contributed by atoms with van der Waals surface area (Å²) in [4.78, 5) is 10.3. The van der Waals surface area contributed by atoms with Crippen molar-refractivity contribution >= 4 is 16.5 Å². The zero-order valence-electron chi connectivity index (χ0n) is 10.7. The molecule has 0 aliphatic rings. The van der Waals surface area contributed by atoms with Gasteiger partial charge in [0.15, 0.2) is 0 Å². The van der Waals surface area contributed by atoms with Gasteiger partial charge in [-0.3, -0.25) is 14.3 Å². The molecule has 0 aromatic heterocycles. The highest BCUT2D eigenvalue weighted by atomic mass is 32.2. The third kappa shape index (κ3) is 3.12. The fraction of sp³-hybridized carbons (Fsp3) is 0.0714.